The average Bonchev–Trinajstić information content (AvgIpc) is 3.28. The van der Waals surface area contributed by atoms with Crippen LogP contribution in [0.1, 0.15) is 53.5 Å². The number of aliphatic hydroxyl groups is 1. The van der Waals surface area contributed by atoms with Gasteiger partial charge in [-0.1, -0.05) is 50.6 Å². The van der Waals surface area contributed by atoms with E-state index in [1.807, 2.05) is 29.6 Å². The molecule has 1 atom stereocenters. The van der Waals surface area contributed by atoms with E-state index in [4.69, 9.17) is 0 Å². The first-order valence-electron chi connectivity index (χ1n) is 8.99. The summed E-state index contributed by atoms with van der Waals surface area (Å²) in [4.78, 5) is 27.8. The molecule has 2 heterocycles. The molecule has 5 heteroatoms. The molecule has 1 aromatic heterocycles. The second kappa shape index (κ2) is 7.87. The van der Waals surface area contributed by atoms with Crippen LogP contribution in [0.15, 0.2) is 53.1 Å². The minimum absolute atomic E-state index is 0.192. The van der Waals surface area contributed by atoms with Crippen molar-refractivity contribution < 1.29 is 14.7 Å². The van der Waals surface area contributed by atoms with E-state index in [-0.39, 0.29) is 11.4 Å². The van der Waals surface area contributed by atoms with Crippen molar-refractivity contribution in [3.05, 3.63) is 69.1 Å². The Balaban J connectivity index is 2.05. The van der Waals surface area contributed by atoms with Gasteiger partial charge in [0, 0.05) is 6.54 Å². The van der Waals surface area contributed by atoms with Crippen molar-refractivity contribution >= 4 is 23.0 Å². The van der Waals surface area contributed by atoms with Gasteiger partial charge in [0.15, 0.2) is 5.76 Å². The van der Waals surface area contributed by atoms with E-state index in [0.29, 0.717) is 11.4 Å². The number of aliphatic hydroxyl groups excluding tert-OH is 1. The van der Waals surface area contributed by atoms with Crippen molar-refractivity contribution in [2.24, 2.45) is 0 Å². The lowest BCUT2D eigenvalue weighted by Crippen LogP contribution is -2.32. The van der Waals surface area contributed by atoms with Crippen LogP contribution < -0.4 is 0 Å². The molecule has 26 heavy (non-hydrogen) atoms. The summed E-state index contributed by atoms with van der Waals surface area (Å²) in [7, 11) is 0. The first-order valence-corrected chi connectivity index (χ1v) is 9.87. The Labute approximate surface area is 157 Å². The van der Waals surface area contributed by atoms with Crippen molar-refractivity contribution in [2.75, 3.05) is 6.54 Å². The second-order valence-electron chi connectivity index (χ2n) is 6.42. The smallest absolute Gasteiger partial charge is 0.290 e. The first kappa shape index (κ1) is 18.4. The molecule has 1 N–H and O–H groups in total. The molecule has 0 aliphatic carbocycles. The van der Waals surface area contributed by atoms with Crippen LogP contribution in [-0.2, 0) is 11.2 Å². The standard InChI is InChI=1S/C21H23NO3S/c1-3-5-12-22-18(15-10-8-14(4-2)9-11-15)17(20(24)21(22)25)19(23)16-7-6-13-26-16/h6-11,13,18,24H,3-5,12H2,1-2H3. The van der Waals surface area contributed by atoms with Crippen LogP contribution in [0.5, 0.6) is 0 Å². The number of rotatable bonds is 7. The van der Waals surface area contributed by atoms with Gasteiger partial charge in [0.25, 0.3) is 5.91 Å². The lowest BCUT2D eigenvalue weighted by molar-refractivity contribution is -0.129. The maximum atomic E-state index is 13.0. The van der Waals surface area contributed by atoms with E-state index in [0.717, 1.165) is 24.8 Å². The quantitative estimate of drug-likeness (QED) is 0.721. The monoisotopic (exact) mass is 369 g/mol. The summed E-state index contributed by atoms with van der Waals surface area (Å²) in [6.45, 7) is 4.65. The zero-order valence-corrected chi connectivity index (χ0v) is 15.9. The number of nitrogens with zero attached hydrogens (tertiary/aromatic N) is 1. The molecule has 2 aromatic rings. The van der Waals surface area contributed by atoms with Crippen LogP contribution in [0.25, 0.3) is 0 Å². The molecule has 0 bridgehead atoms. The van der Waals surface area contributed by atoms with E-state index in [1.54, 1.807) is 17.0 Å². The molecule has 0 radical (unpaired) electrons. The molecule has 0 saturated carbocycles. The lowest BCUT2D eigenvalue weighted by Gasteiger charge is -2.26. The molecule has 3 rings (SSSR count). The van der Waals surface area contributed by atoms with E-state index in [9.17, 15) is 14.7 Å². The van der Waals surface area contributed by atoms with Gasteiger partial charge < -0.3 is 10.0 Å². The van der Waals surface area contributed by atoms with Crippen LogP contribution in [0.2, 0.25) is 0 Å². The zero-order chi connectivity index (χ0) is 18.7. The summed E-state index contributed by atoms with van der Waals surface area (Å²) in [5.74, 6) is -1.14. The summed E-state index contributed by atoms with van der Waals surface area (Å²) in [5.41, 5.74) is 2.24. The van der Waals surface area contributed by atoms with Gasteiger partial charge in [0.05, 0.1) is 16.5 Å². The molecule has 136 valence electrons. The summed E-state index contributed by atoms with van der Waals surface area (Å²) in [5, 5.41) is 12.3. The number of Topliss-reactive ketones (excluding diaryl/α,β-unsaturated/α-hetero) is 1. The molecule has 0 fully saturated rings. The van der Waals surface area contributed by atoms with Gasteiger partial charge in [-0.15, -0.1) is 11.3 Å². The van der Waals surface area contributed by atoms with E-state index < -0.39 is 17.7 Å². The molecule has 0 saturated heterocycles. The third-order valence-corrected chi connectivity index (χ3v) is 5.62. The Morgan fingerprint density at radius 1 is 1.19 bits per heavy atom. The van der Waals surface area contributed by atoms with Gasteiger partial charge in [0.2, 0.25) is 5.78 Å². The number of aryl methyl sites for hydroxylation is 1. The molecule has 1 amide bonds. The average molecular weight is 369 g/mol. The fourth-order valence-electron chi connectivity index (χ4n) is 3.27. The van der Waals surface area contributed by atoms with Crippen LogP contribution >= 0.6 is 11.3 Å². The minimum Gasteiger partial charge on any atom is -0.503 e. The molecule has 1 aliphatic heterocycles. The second-order valence-corrected chi connectivity index (χ2v) is 7.37. The Hall–Kier alpha value is -2.40. The summed E-state index contributed by atoms with van der Waals surface area (Å²) in [6.07, 6.45) is 2.68. The van der Waals surface area contributed by atoms with Gasteiger partial charge in [-0.2, -0.15) is 0 Å². The third kappa shape index (κ3) is 3.31. The van der Waals surface area contributed by atoms with Crippen molar-refractivity contribution in [3.63, 3.8) is 0 Å². The molecular formula is C21H23NO3S. The first-order chi connectivity index (χ1) is 12.6. The summed E-state index contributed by atoms with van der Waals surface area (Å²) < 4.78 is 0. The van der Waals surface area contributed by atoms with Crippen molar-refractivity contribution in [3.8, 4) is 0 Å². The molecular weight excluding hydrogens is 346 g/mol. The fraction of sp³-hybridized carbons (Fsp3) is 0.333. The number of carbonyl (C=O) groups is 2. The van der Waals surface area contributed by atoms with Crippen LogP contribution in [-0.4, -0.2) is 28.2 Å². The number of ketones is 1. The van der Waals surface area contributed by atoms with Crippen molar-refractivity contribution in [1.82, 2.24) is 4.90 Å². The summed E-state index contributed by atoms with van der Waals surface area (Å²) in [6, 6.07) is 10.9. The van der Waals surface area contributed by atoms with Gasteiger partial charge in [-0.05, 0) is 35.4 Å². The predicted octanol–water partition coefficient (Wildman–Crippen LogP) is 4.69. The van der Waals surface area contributed by atoms with Crippen LogP contribution in [0.3, 0.4) is 0 Å². The van der Waals surface area contributed by atoms with Gasteiger partial charge in [-0.3, -0.25) is 9.59 Å². The number of thiophene rings is 1. The molecule has 0 spiro atoms. The SMILES string of the molecule is CCCCN1C(=O)C(O)=C(C(=O)c2cccs2)C1c1ccc(CC)cc1. The number of amides is 1. The van der Waals surface area contributed by atoms with Crippen LogP contribution in [0, 0.1) is 0 Å². The Kier molecular flexibility index (Phi) is 5.57. The third-order valence-electron chi connectivity index (χ3n) is 4.75. The Morgan fingerprint density at radius 3 is 2.50 bits per heavy atom. The van der Waals surface area contributed by atoms with E-state index in [1.165, 1.54) is 16.9 Å². The Bertz CT molecular complexity index is 821. The highest BCUT2D eigenvalue weighted by atomic mass is 32.1. The maximum Gasteiger partial charge on any atom is 0.290 e. The summed E-state index contributed by atoms with van der Waals surface area (Å²) >= 11 is 1.32. The number of hydrogen-bond donors (Lipinski definition) is 1. The number of benzene rings is 1. The van der Waals surface area contributed by atoms with Crippen molar-refractivity contribution in [1.29, 1.82) is 0 Å². The van der Waals surface area contributed by atoms with E-state index in [2.05, 4.69) is 13.8 Å². The van der Waals surface area contributed by atoms with Crippen molar-refractivity contribution in [2.45, 2.75) is 39.2 Å². The Morgan fingerprint density at radius 2 is 1.92 bits per heavy atom. The topological polar surface area (TPSA) is 57.6 Å². The normalized spacial score (nSPS) is 17.2. The largest absolute Gasteiger partial charge is 0.503 e. The number of hydrogen-bond acceptors (Lipinski definition) is 4. The van der Waals surface area contributed by atoms with Gasteiger partial charge in [0.1, 0.15) is 0 Å². The van der Waals surface area contributed by atoms with E-state index >= 15 is 0 Å². The molecule has 4 nitrogen and oxygen atoms in total. The molecule has 1 aromatic carbocycles. The molecule has 1 aliphatic rings. The highest BCUT2D eigenvalue weighted by Crippen LogP contribution is 2.39. The molecule has 1 unspecified atom stereocenters. The number of carbonyl (C=O) groups excluding carboxylic acids is 2. The number of unbranched alkanes of at least 4 members (excludes halogenated alkanes) is 1. The maximum absolute atomic E-state index is 13.0. The highest BCUT2D eigenvalue weighted by Gasteiger charge is 2.43. The fourth-order valence-corrected chi connectivity index (χ4v) is 3.95. The zero-order valence-electron chi connectivity index (χ0n) is 15.1. The predicted molar refractivity (Wildman–Crippen MR) is 103 cm³/mol. The van der Waals surface area contributed by atoms with Gasteiger partial charge in [-0.25, -0.2) is 0 Å². The van der Waals surface area contributed by atoms with Gasteiger partial charge >= 0.3 is 0 Å². The highest BCUT2D eigenvalue weighted by molar-refractivity contribution is 7.12. The van der Waals surface area contributed by atoms with Crippen LogP contribution in [0.4, 0.5) is 0 Å². The lowest BCUT2D eigenvalue weighted by atomic mass is 9.94. The minimum atomic E-state index is -0.533.